The number of carbonyl (C=O) groups is 8. The maximum Gasteiger partial charge on any atom is 0.333 e. The topological polar surface area (TPSA) is 204 Å². The number of rotatable bonds is 18. The summed E-state index contributed by atoms with van der Waals surface area (Å²) < 4.78 is 19.3. The number of esters is 4. The SMILES string of the molecule is C1CC2C3CCC(C3)C2C1.C=C(C)C(=O)OCCNC(=O)N(CC)C(=O)CCOC(=O)C(=C)C.C=C(C)C(=O)OCCNC(=O)N(CC)C(=O)CCOC(=O)C(=C)C. The van der Waals surface area contributed by atoms with E-state index in [1.165, 1.54) is 51.4 Å². The second kappa shape index (κ2) is 26.6. The van der Waals surface area contributed by atoms with Gasteiger partial charge in [0.25, 0.3) is 0 Å². The molecule has 0 aromatic heterocycles. The number of ether oxygens (including phenoxy) is 4. The first-order valence-electron chi connectivity index (χ1n) is 19.8. The van der Waals surface area contributed by atoms with Crippen molar-refractivity contribution in [2.75, 3.05) is 52.6 Å². The van der Waals surface area contributed by atoms with Gasteiger partial charge in [-0.15, -0.1) is 0 Å². The van der Waals surface area contributed by atoms with E-state index in [2.05, 4.69) is 36.9 Å². The molecule has 3 aliphatic carbocycles. The average Bonchev–Trinajstić information content (AvgIpc) is 3.93. The van der Waals surface area contributed by atoms with Crippen molar-refractivity contribution in [3.8, 4) is 0 Å². The third-order valence-electron chi connectivity index (χ3n) is 9.79. The van der Waals surface area contributed by atoms with E-state index in [1.807, 2.05) is 0 Å². The van der Waals surface area contributed by atoms with Crippen molar-refractivity contribution < 1.29 is 57.3 Å². The monoisotopic (exact) mass is 816 g/mol. The highest BCUT2D eigenvalue weighted by Crippen LogP contribution is 2.58. The zero-order valence-electron chi connectivity index (χ0n) is 35.2. The van der Waals surface area contributed by atoms with E-state index in [9.17, 15) is 38.4 Å². The molecule has 324 valence electrons. The predicted octanol–water partition coefficient (Wildman–Crippen LogP) is 5.18. The fourth-order valence-corrected chi connectivity index (χ4v) is 6.90. The highest BCUT2D eigenvalue weighted by molar-refractivity contribution is 5.95. The average molecular weight is 817 g/mol. The summed E-state index contributed by atoms with van der Waals surface area (Å²) in [6.07, 6.45) is 9.29. The minimum atomic E-state index is -0.611. The van der Waals surface area contributed by atoms with Crippen LogP contribution in [0, 0.1) is 23.7 Å². The van der Waals surface area contributed by atoms with Gasteiger partial charge in [0.05, 0.1) is 25.9 Å². The third-order valence-corrected chi connectivity index (χ3v) is 9.79. The molecule has 0 radical (unpaired) electrons. The van der Waals surface area contributed by atoms with Gasteiger partial charge in [0.1, 0.15) is 26.4 Å². The molecule has 3 aliphatic rings. The number of imide groups is 2. The number of amides is 6. The van der Waals surface area contributed by atoms with Gasteiger partial charge < -0.3 is 29.6 Å². The zero-order valence-corrected chi connectivity index (χ0v) is 35.2. The molecule has 2 N–H and O–H groups in total. The minimum Gasteiger partial charge on any atom is -0.462 e. The van der Waals surface area contributed by atoms with Gasteiger partial charge in [-0.3, -0.25) is 19.4 Å². The molecule has 58 heavy (non-hydrogen) atoms. The molecule has 3 saturated carbocycles. The minimum absolute atomic E-state index is 0.0284. The van der Waals surface area contributed by atoms with Crippen LogP contribution in [0.2, 0.25) is 0 Å². The Hall–Kier alpha value is -5.28. The number of nitrogens with zero attached hydrogens (tertiary/aromatic N) is 2. The molecule has 0 saturated heterocycles. The van der Waals surface area contributed by atoms with Crippen LogP contribution < -0.4 is 10.6 Å². The summed E-state index contributed by atoms with van der Waals surface area (Å²) in [6, 6.07) is -1.22. The number of hydrogen-bond donors (Lipinski definition) is 2. The number of carbonyl (C=O) groups excluding carboxylic acids is 8. The predicted molar refractivity (Wildman–Crippen MR) is 216 cm³/mol. The summed E-state index contributed by atoms with van der Waals surface area (Å²) in [7, 11) is 0. The summed E-state index contributed by atoms with van der Waals surface area (Å²) in [5.41, 5.74) is 0.987. The number of hydrogen-bond acceptors (Lipinski definition) is 12. The maximum absolute atomic E-state index is 12.0. The Bertz CT molecular complexity index is 1430. The van der Waals surface area contributed by atoms with Crippen LogP contribution in [-0.4, -0.2) is 110 Å². The van der Waals surface area contributed by atoms with Gasteiger partial charge in [-0.1, -0.05) is 32.7 Å². The van der Waals surface area contributed by atoms with Gasteiger partial charge in [-0.2, -0.15) is 0 Å². The summed E-state index contributed by atoms with van der Waals surface area (Å²) in [4.78, 5) is 94.4. The highest BCUT2D eigenvalue weighted by Gasteiger charge is 2.48. The molecule has 16 heteroatoms. The van der Waals surface area contributed by atoms with E-state index in [0.717, 1.165) is 9.80 Å². The van der Waals surface area contributed by atoms with Crippen molar-refractivity contribution >= 4 is 47.8 Å². The molecule has 2 bridgehead atoms. The van der Waals surface area contributed by atoms with Crippen LogP contribution in [0.15, 0.2) is 48.6 Å². The molecule has 16 nitrogen and oxygen atoms in total. The smallest absolute Gasteiger partial charge is 0.333 e. The molecule has 0 aromatic carbocycles. The van der Waals surface area contributed by atoms with Crippen molar-refractivity contribution in [3.63, 3.8) is 0 Å². The fourth-order valence-electron chi connectivity index (χ4n) is 6.90. The third kappa shape index (κ3) is 17.9. The van der Waals surface area contributed by atoms with Crippen molar-refractivity contribution in [2.45, 2.75) is 92.9 Å². The van der Waals surface area contributed by atoms with Crippen LogP contribution in [0.5, 0.6) is 0 Å². The number of fused-ring (bicyclic) bond motifs is 5. The lowest BCUT2D eigenvalue weighted by Crippen LogP contribution is -2.45. The summed E-state index contributed by atoms with van der Waals surface area (Å²) in [6.45, 7) is 23.1. The van der Waals surface area contributed by atoms with E-state index in [4.69, 9.17) is 18.9 Å². The molecule has 3 fully saturated rings. The van der Waals surface area contributed by atoms with Crippen LogP contribution in [-0.2, 0) is 47.7 Å². The summed E-state index contributed by atoms with van der Waals surface area (Å²) in [5, 5.41) is 4.93. The molecule has 0 aromatic rings. The lowest BCUT2D eigenvalue weighted by molar-refractivity contribution is -0.142. The Labute approximate surface area is 342 Å². The van der Waals surface area contributed by atoms with Gasteiger partial charge in [0.2, 0.25) is 11.8 Å². The molecule has 4 atom stereocenters. The van der Waals surface area contributed by atoms with Crippen molar-refractivity contribution in [2.24, 2.45) is 23.7 Å². The quantitative estimate of drug-likeness (QED) is 0.0796. The Morgan fingerprint density at radius 2 is 0.828 bits per heavy atom. The van der Waals surface area contributed by atoms with Crippen molar-refractivity contribution in [3.05, 3.63) is 48.6 Å². The van der Waals surface area contributed by atoms with Gasteiger partial charge in [0.15, 0.2) is 0 Å². The molecule has 6 amide bonds. The summed E-state index contributed by atoms with van der Waals surface area (Å²) in [5.74, 6) is 1.56. The Kier molecular flexibility index (Phi) is 23.3. The molecule has 0 aliphatic heterocycles. The van der Waals surface area contributed by atoms with E-state index in [-0.39, 0.29) is 87.7 Å². The van der Waals surface area contributed by atoms with Crippen LogP contribution in [0.25, 0.3) is 0 Å². The van der Waals surface area contributed by atoms with Gasteiger partial charge in [0, 0.05) is 35.4 Å². The van der Waals surface area contributed by atoms with E-state index >= 15 is 0 Å². The lowest BCUT2D eigenvalue weighted by atomic mass is 9.82. The number of urea groups is 2. The van der Waals surface area contributed by atoms with E-state index in [0.29, 0.717) is 0 Å². The standard InChI is InChI=1S/2C16H24N2O6.C10H16/c2*1-6-18(13(19)7-9-23-14(20)11(2)3)16(22)17-8-10-24-15(21)12(4)5;1-2-9-7-4-5-8(6-7)10(9)3-1/h2*2,4,6-10H2,1,3,5H3,(H,17,22);7-10H,1-6H2. The van der Waals surface area contributed by atoms with Crippen molar-refractivity contribution in [1.82, 2.24) is 20.4 Å². The first-order chi connectivity index (χ1) is 27.4. The normalized spacial score (nSPS) is 17.9. The maximum atomic E-state index is 12.0. The Balaban J connectivity index is 0.000000465. The molecule has 3 rings (SSSR count). The number of nitrogens with one attached hydrogen (secondary N) is 2. The second-order valence-corrected chi connectivity index (χ2v) is 14.5. The van der Waals surface area contributed by atoms with Gasteiger partial charge in [-0.05, 0) is 97.3 Å². The van der Waals surface area contributed by atoms with Crippen molar-refractivity contribution in [1.29, 1.82) is 0 Å². The largest absolute Gasteiger partial charge is 0.462 e. The van der Waals surface area contributed by atoms with Crippen LogP contribution in [0.4, 0.5) is 9.59 Å². The van der Waals surface area contributed by atoms with E-state index < -0.39 is 47.8 Å². The zero-order chi connectivity index (χ0) is 43.9. The van der Waals surface area contributed by atoms with Crippen LogP contribution >= 0.6 is 0 Å². The molecule has 4 unspecified atom stereocenters. The first kappa shape index (κ1) is 50.7. The van der Waals surface area contributed by atoms with Gasteiger partial charge >= 0.3 is 35.9 Å². The lowest BCUT2D eigenvalue weighted by Gasteiger charge is -2.23. The molecule has 0 spiro atoms. The highest BCUT2D eigenvalue weighted by atomic mass is 16.5. The molecule has 0 heterocycles. The Morgan fingerprint density at radius 1 is 0.517 bits per heavy atom. The first-order valence-corrected chi connectivity index (χ1v) is 19.8. The van der Waals surface area contributed by atoms with Gasteiger partial charge in [-0.25, -0.2) is 28.8 Å². The Morgan fingerprint density at radius 3 is 1.12 bits per heavy atom. The summed E-state index contributed by atoms with van der Waals surface area (Å²) >= 11 is 0. The van der Waals surface area contributed by atoms with Crippen LogP contribution in [0.3, 0.4) is 0 Å². The molecular formula is C42H64N4O12. The van der Waals surface area contributed by atoms with E-state index in [1.54, 1.807) is 52.4 Å². The van der Waals surface area contributed by atoms with Crippen LogP contribution in [0.1, 0.15) is 92.9 Å². The fraction of sp³-hybridized carbons (Fsp3) is 0.619. The molecular weight excluding hydrogens is 752 g/mol. The second-order valence-electron chi connectivity index (χ2n) is 14.5.